The van der Waals surface area contributed by atoms with E-state index in [9.17, 15) is 0 Å². The highest BCUT2D eigenvalue weighted by Gasteiger charge is 2.29. The Labute approximate surface area is 128 Å². The third kappa shape index (κ3) is 2.29. The monoisotopic (exact) mass is 301 g/mol. The number of likely N-dealkylation sites (tertiary alicyclic amines) is 1. The fourth-order valence-corrected chi connectivity index (χ4v) is 3.30. The summed E-state index contributed by atoms with van der Waals surface area (Å²) in [5.41, 5.74) is 8.43. The van der Waals surface area contributed by atoms with Crippen molar-refractivity contribution < 1.29 is 4.84 Å². The van der Waals surface area contributed by atoms with E-state index >= 15 is 0 Å². The van der Waals surface area contributed by atoms with Crippen LogP contribution in [0.1, 0.15) is 25.8 Å². The predicted molar refractivity (Wildman–Crippen MR) is 82.4 cm³/mol. The Hall–Kier alpha value is -2.22. The summed E-state index contributed by atoms with van der Waals surface area (Å²) in [5.74, 6) is 0.436. The molecule has 8 nitrogen and oxygen atoms in total. The van der Waals surface area contributed by atoms with Gasteiger partial charge in [-0.2, -0.15) is 0 Å². The highest BCUT2D eigenvalue weighted by atomic mass is 16.6. The molecule has 2 aliphatic heterocycles. The first-order chi connectivity index (χ1) is 10.7. The van der Waals surface area contributed by atoms with Crippen LogP contribution in [0.15, 0.2) is 17.8 Å². The minimum atomic E-state index is 0.191. The summed E-state index contributed by atoms with van der Waals surface area (Å²) < 4.78 is 2.12. The van der Waals surface area contributed by atoms with Crippen molar-refractivity contribution >= 4 is 22.7 Å². The first-order valence-corrected chi connectivity index (χ1v) is 7.55. The van der Waals surface area contributed by atoms with Gasteiger partial charge in [-0.1, -0.05) is 5.16 Å². The largest absolute Gasteiger partial charge is 0.391 e. The molecule has 0 aromatic carbocycles. The Morgan fingerprint density at radius 1 is 1.36 bits per heavy atom. The zero-order valence-corrected chi connectivity index (χ0v) is 12.5. The van der Waals surface area contributed by atoms with Crippen LogP contribution in [-0.4, -0.2) is 55.9 Å². The van der Waals surface area contributed by atoms with Crippen molar-refractivity contribution in [3.63, 3.8) is 0 Å². The van der Waals surface area contributed by atoms with E-state index in [0.717, 1.165) is 43.8 Å². The van der Waals surface area contributed by atoms with Crippen molar-refractivity contribution in [1.82, 2.24) is 24.4 Å². The number of imidazole rings is 1. The molecule has 0 saturated carbocycles. The lowest BCUT2D eigenvalue weighted by atomic mass is 10.2. The Morgan fingerprint density at radius 3 is 3.09 bits per heavy atom. The van der Waals surface area contributed by atoms with Gasteiger partial charge in [-0.3, -0.25) is 4.90 Å². The van der Waals surface area contributed by atoms with E-state index < -0.39 is 0 Å². The molecule has 2 aromatic heterocycles. The summed E-state index contributed by atoms with van der Waals surface area (Å²) >= 11 is 0. The van der Waals surface area contributed by atoms with Crippen LogP contribution in [0.3, 0.4) is 0 Å². The lowest BCUT2D eigenvalue weighted by Crippen LogP contribution is -2.31. The standard InChI is InChI=1S/C14H19N7O/c1-9-4-11(22-19-9)6-20-3-2-10(5-20)21-8-18-12-13(15)16-7-17-14(12)21/h7-8,10-11H,2-6H2,1H3,(H2,15,16,17). The molecule has 0 amide bonds. The summed E-state index contributed by atoms with van der Waals surface area (Å²) in [6.07, 6.45) is 5.51. The molecule has 8 heteroatoms. The SMILES string of the molecule is CC1=NOC(CN2CCC(n3cnc4c(N)ncnc43)C2)C1. The first-order valence-electron chi connectivity index (χ1n) is 7.55. The van der Waals surface area contributed by atoms with Gasteiger partial charge in [0.2, 0.25) is 0 Å². The molecular weight excluding hydrogens is 282 g/mol. The van der Waals surface area contributed by atoms with E-state index in [4.69, 9.17) is 10.6 Å². The van der Waals surface area contributed by atoms with E-state index in [0.29, 0.717) is 17.4 Å². The normalized spacial score (nSPS) is 25.6. The maximum absolute atomic E-state index is 5.85. The fourth-order valence-electron chi connectivity index (χ4n) is 3.30. The molecule has 0 spiro atoms. The quantitative estimate of drug-likeness (QED) is 0.902. The van der Waals surface area contributed by atoms with Gasteiger partial charge in [0, 0.05) is 26.1 Å². The second-order valence-corrected chi connectivity index (χ2v) is 6.04. The van der Waals surface area contributed by atoms with Crippen LogP contribution in [0.5, 0.6) is 0 Å². The van der Waals surface area contributed by atoms with Gasteiger partial charge in [0.25, 0.3) is 0 Å². The molecule has 2 aromatic rings. The number of nitrogens with zero attached hydrogens (tertiary/aromatic N) is 6. The molecule has 4 rings (SSSR count). The number of hydrogen-bond donors (Lipinski definition) is 1. The van der Waals surface area contributed by atoms with Crippen LogP contribution in [-0.2, 0) is 4.84 Å². The molecule has 2 N–H and O–H groups in total. The molecule has 2 aliphatic rings. The maximum atomic E-state index is 5.85. The van der Waals surface area contributed by atoms with Gasteiger partial charge in [0.15, 0.2) is 11.5 Å². The van der Waals surface area contributed by atoms with E-state index in [-0.39, 0.29) is 6.10 Å². The van der Waals surface area contributed by atoms with Crippen LogP contribution in [0.25, 0.3) is 11.2 Å². The molecule has 1 fully saturated rings. The van der Waals surface area contributed by atoms with Crippen molar-refractivity contribution in [3.05, 3.63) is 12.7 Å². The second-order valence-electron chi connectivity index (χ2n) is 6.04. The fraction of sp³-hybridized carbons (Fsp3) is 0.571. The van der Waals surface area contributed by atoms with E-state index in [1.807, 2.05) is 13.3 Å². The van der Waals surface area contributed by atoms with Gasteiger partial charge in [-0.15, -0.1) is 0 Å². The zero-order chi connectivity index (χ0) is 15.1. The molecule has 1 saturated heterocycles. The van der Waals surface area contributed by atoms with Gasteiger partial charge in [0.05, 0.1) is 18.1 Å². The van der Waals surface area contributed by atoms with Gasteiger partial charge in [-0.25, -0.2) is 15.0 Å². The van der Waals surface area contributed by atoms with Gasteiger partial charge >= 0.3 is 0 Å². The van der Waals surface area contributed by atoms with Gasteiger partial charge in [-0.05, 0) is 13.3 Å². The molecule has 0 radical (unpaired) electrons. The van der Waals surface area contributed by atoms with Gasteiger partial charge < -0.3 is 15.1 Å². The number of nitrogen functional groups attached to an aromatic ring is 1. The Balaban J connectivity index is 1.47. The first kappa shape index (κ1) is 13.4. The van der Waals surface area contributed by atoms with Crippen molar-refractivity contribution in [2.24, 2.45) is 5.16 Å². The highest BCUT2D eigenvalue weighted by molar-refractivity contribution is 5.82. The maximum Gasteiger partial charge on any atom is 0.165 e. The number of hydrogen-bond acceptors (Lipinski definition) is 7. The summed E-state index contributed by atoms with van der Waals surface area (Å²) in [5, 5.41) is 4.02. The number of aromatic nitrogens is 4. The van der Waals surface area contributed by atoms with Crippen LogP contribution in [0.4, 0.5) is 5.82 Å². The lowest BCUT2D eigenvalue weighted by Gasteiger charge is -2.19. The molecule has 0 bridgehead atoms. The van der Waals surface area contributed by atoms with E-state index in [1.165, 1.54) is 6.33 Å². The molecular formula is C14H19N7O. The van der Waals surface area contributed by atoms with Crippen molar-refractivity contribution in [3.8, 4) is 0 Å². The molecule has 2 atom stereocenters. The molecule has 0 aliphatic carbocycles. The molecule has 2 unspecified atom stereocenters. The lowest BCUT2D eigenvalue weighted by molar-refractivity contribution is 0.0581. The second kappa shape index (κ2) is 5.20. The highest BCUT2D eigenvalue weighted by Crippen LogP contribution is 2.27. The van der Waals surface area contributed by atoms with Crippen LogP contribution in [0.2, 0.25) is 0 Å². The Kier molecular flexibility index (Phi) is 3.18. The number of anilines is 1. The van der Waals surface area contributed by atoms with Crippen molar-refractivity contribution in [2.45, 2.75) is 31.9 Å². The molecule has 116 valence electrons. The van der Waals surface area contributed by atoms with Crippen molar-refractivity contribution in [1.29, 1.82) is 0 Å². The van der Waals surface area contributed by atoms with E-state index in [1.54, 1.807) is 0 Å². The third-order valence-corrected chi connectivity index (χ3v) is 4.37. The zero-order valence-electron chi connectivity index (χ0n) is 12.5. The number of nitrogens with two attached hydrogens (primary N) is 1. The minimum Gasteiger partial charge on any atom is -0.391 e. The number of rotatable bonds is 3. The number of fused-ring (bicyclic) bond motifs is 1. The number of oxime groups is 1. The molecule has 22 heavy (non-hydrogen) atoms. The summed E-state index contributed by atoms with van der Waals surface area (Å²) in [4.78, 5) is 20.5. The summed E-state index contributed by atoms with van der Waals surface area (Å²) in [7, 11) is 0. The van der Waals surface area contributed by atoms with Crippen LogP contribution in [0, 0.1) is 0 Å². The minimum absolute atomic E-state index is 0.191. The van der Waals surface area contributed by atoms with Crippen LogP contribution >= 0.6 is 0 Å². The van der Waals surface area contributed by atoms with Crippen molar-refractivity contribution in [2.75, 3.05) is 25.4 Å². The van der Waals surface area contributed by atoms with E-state index in [2.05, 4.69) is 29.6 Å². The predicted octanol–water partition coefficient (Wildman–Crippen LogP) is 0.820. The van der Waals surface area contributed by atoms with Crippen LogP contribution < -0.4 is 5.73 Å². The Bertz CT molecular complexity index is 725. The van der Waals surface area contributed by atoms with Gasteiger partial charge in [0.1, 0.15) is 17.9 Å². The topological polar surface area (TPSA) is 94.5 Å². The average molecular weight is 301 g/mol. The third-order valence-electron chi connectivity index (χ3n) is 4.37. The smallest absolute Gasteiger partial charge is 0.165 e. The Morgan fingerprint density at radius 2 is 2.27 bits per heavy atom. The summed E-state index contributed by atoms with van der Waals surface area (Å²) in [6, 6.07) is 0.364. The summed E-state index contributed by atoms with van der Waals surface area (Å²) in [6.45, 7) is 4.94. The molecule has 4 heterocycles. The average Bonchev–Trinajstić information content (AvgIpc) is 3.19.